The molecule has 3 aromatic heterocycles. The summed E-state index contributed by atoms with van der Waals surface area (Å²) in [7, 11) is -4.33. The molecule has 0 saturated heterocycles. The average molecular weight is 783 g/mol. The number of sulfonamides is 1. The minimum atomic E-state index is -4.33. The highest BCUT2D eigenvalue weighted by atomic mass is 35.5. The first-order valence-corrected chi connectivity index (χ1v) is 18.4. The van der Waals surface area contributed by atoms with Crippen molar-refractivity contribution in [3.63, 3.8) is 0 Å². The Bertz CT molecular complexity index is 2270. The van der Waals surface area contributed by atoms with Gasteiger partial charge in [-0.2, -0.15) is 19.5 Å². The van der Waals surface area contributed by atoms with Gasteiger partial charge in [0.25, 0.3) is 21.7 Å². The van der Waals surface area contributed by atoms with Crippen molar-refractivity contribution in [1.29, 1.82) is 0 Å². The van der Waals surface area contributed by atoms with E-state index in [2.05, 4.69) is 40.7 Å². The van der Waals surface area contributed by atoms with Crippen LogP contribution in [0.15, 0.2) is 64.1 Å². The van der Waals surface area contributed by atoms with Gasteiger partial charge in [0.15, 0.2) is 5.76 Å². The number of anilines is 3. The summed E-state index contributed by atoms with van der Waals surface area (Å²) in [6.07, 6.45) is 1.92. The third-order valence-corrected chi connectivity index (χ3v) is 9.21. The van der Waals surface area contributed by atoms with Crippen molar-refractivity contribution in [2.45, 2.75) is 64.0 Å². The number of benzene rings is 2. The zero-order chi connectivity index (χ0) is 39.4. The fourth-order valence-electron chi connectivity index (χ4n) is 4.97. The van der Waals surface area contributed by atoms with Crippen LogP contribution in [-0.4, -0.2) is 74.2 Å². The Hall–Kier alpha value is -5.95. The summed E-state index contributed by atoms with van der Waals surface area (Å²) in [5.74, 6) is -1.85. The van der Waals surface area contributed by atoms with E-state index in [1.165, 1.54) is 10.8 Å². The number of aromatic nitrogens is 5. The number of nitrogen functional groups attached to an aromatic ring is 1. The minimum absolute atomic E-state index is 0.0967. The van der Waals surface area contributed by atoms with Gasteiger partial charge >= 0.3 is 6.09 Å². The van der Waals surface area contributed by atoms with Crippen molar-refractivity contribution >= 4 is 62.9 Å². The summed E-state index contributed by atoms with van der Waals surface area (Å²) in [4.78, 5) is 50.8. The topological polar surface area (TPSA) is 258 Å². The monoisotopic (exact) mass is 782 g/mol. The van der Waals surface area contributed by atoms with Crippen molar-refractivity contribution in [2.24, 2.45) is 5.92 Å². The maximum absolute atomic E-state index is 13.3. The smallest absolute Gasteiger partial charge is 0.408 e. The number of aromatic hydroxyl groups is 1. The van der Waals surface area contributed by atoms with E-state index in [4.69, 9.17) is 26.5 Å². The molecule has 286 valence electrons. The molecule has 0 bridgehead atoms. The summed E-state index contributed by atoms with van der Waals surface area (Å²) >= 11 is 6.12. The zero-order valence-electron chi connectivity index (χ0n) is 29.9. The van der Waals surface area contributed by atoms with Gasteiger partial charge in [-0.3, -0.25) is 19.6 Å². The molecule has 0 aliphatic rings. The number of fused-ring (bicyclic) bond motifs is 1. The predicted molar refractivity (Wildman–Crippen MR) is 198 cm³/mol. The van der Waals surface area contributed by atoms with Crippen LogP contribution in [0.1, 0.15) is 57.0 Å². The quantitative estimate of drug-likeness (QED) is 0.0907. The first-order valence-electron chi connectivity index (χ1n) is 16.6. The third kappa shape index (κ3) is 9.72. The molecule has 0 aliphatic carbocycles. The number of carbonyl (C=O) groups is 3. The van der Waals surface area contributed by atoms with Crippen LogP contribution in [0.3, 0.4) is 0 Å². The Morgan fingerprint density at radius 2 is 1.80 bits per heavy atom. The number of hydrogen-bond donors (Lipinski definition) is 6. The molecule has 0 aliphatic heterocycles. The first kappa shape index (κ1) is 39.3. The number of nitrogens with zero attached hydrogens (tertiary/aromatic N) is 5. The lowest BCUT2D eigenvalue weighted by molar-refractivity contribution is -0.123. The van der Waals surface area contributed by atoms with Crippen LogP contribution in [0.2, 0.25) is 5.02 Å². The number of nitrogens with two attached hydrogens (primary N) is 1. The van der Waals surface area contributed by atoms with Gasteiger partial charge in [-0.05, 0) is 81.5 Å². The Labute approximate surface area is 314 Å². The Balaban J connectivity index is 1.18. The van der Waals surface area contributed by atoms with Crippen LogP contribution in [0.5, 0.6) is 5.75 Å². The lowest BCUT2D eigenvalue weighted by Gasteiger charge is -2.25. The second kappa shape index (κ2) is 16.0. The van der Waals surface area contributed by atoms with Crippen molar-refractivity contribution in [2.75, 3.05) is 22.3 Å². The fourth-order valence-corrected chi connectivity index (χ4v) is 6.36. The van der Waals surface area contributed by atoms with E-state index in [1.54, 1.807) is 71.0 Å². The van der Waals surface area contributed by atoms with E-state index < -0.39 is 66.7 Å². The number of rotatable bonds is 13. The highest BCUT2D eigenvalue weighted by Gasteiger charge is 2.30. The lowest BCUT2D eigenvalue weighted by atomic mass is 10.0. The number of nitrogens with one attached hydrogen (secondary N) is 4. The number of phenolic OH excluding ortho intramolecular Hbond substituents is 1. The number of halogens is 1. The predicted octanol–water partition coefficient (Wildman–Crippen LogP) is 4.37. The Morgan fingerprint density at radius 3 is 2.44 bits per heavy atom. The van der Waals surface area contributed by atoms with Crippen LogP contribution in [0.25, 0.3) is 17.4 Å². The van der Waals surface area contributed by atoms with Crippen LogP contribution in [-0.2, 0) is 26.0 Å². The second-order valence-corrected chi connectivity index (χ2v) is 15.4. The van der Waals surface area contributed by atoms with E-state index in [1.807, 2.05) is 0 Å². The molecule has 3 amide bonds. The highest BCUT2D eigenvalue weighted by Crippen LogP contribution is 2.32. The van der Waals surface area contributed by atoms with Gasteiger partial charge < -0.3 is 30.6 Å². The lowest BCUT2D eigenvalue weighted by Crippen LogP contribution is -2.52. The van der Waals surface area contributed by atoms with Crippen molar-refractivity contribution in [3.8, 4) is 17.3 Å². The summed E-state index contributed by atoms with van der Waals surface area (Å²) in [5, 5.41) is 22.0. The van der Waals surface area contributed by atoms with E-state index in [9.17, 15) is 27.9 Å². The van der Waals surface area contributed by atoms with Crippen LogP contribution < -0.4 is 26.4 Å². The van der Waals surface area contributed by atoms with Gasteiger partial charge in [0, 0.05) is 12.2 Å². The summed E-state index contributed by atoms with van der Waals surface area (Å²) in [6.45, 7) is 8.71. The standard InChI is InChI=1S/C34H39ClN10O8S/c1-18(2)25(38-33(49)53-34(3,4)5)29(48)40-28(47)22-16-21(17-23(35)26(22)46)54(50,51)44-20-12-10-19(11-13-20)8-6-14-37-31-41-30(36)45-32(42-31)39-27(43-45)24-9-7-15-52-24/h7,9-13,15-18,25,44,46H,6,8,14H2,1-5H3,(H,38,49)(H,40,47,48)(H3,36,37,39,41,42,43)/t25-/m0/s1. The van der Waals surface area contributed by atoms with Crippen molar-refractivity contribution in [3.05, 3.63) is 70.9 Å². The molecule has 0 saturated carbocycles. The first-order chi connectivity index (χ1) is 25.4. The average Bonchev–Trinajstić information content (AvgIpc) is 3.77. The molecule has 3 heterocycles. The molecule has 2 aromatic carbocycles. The van der Waals surface area contributed by atoms with Gasteiger partial charge in [0.1, 0.15) is 17.4 Å². The molecule has 7 N–H and O–H groups in total. The van der Waals surface area contributed by atoms with Gasteiger partial charge in [0.05, 0.1) is 21.7 Å². The van der Waals surface area contributed by atoms with Gasteiger partial charge in [-0.25, -0.2) is 13.2 Å². The third-order valence-electron chi connectivity index (χ3n) is 7.56. The van der Waals surface area contributed by atoms with E-state index in [0.717, 1.165) is 17.7 Å². The van der Waals surface area contributed by atoms with Crippen molar-refractivity contribution < 1.29 is 37.1 Å². The number of amides is 3. The SMILES string of the molecule is CC(C)[C@H](NC(=O)OC(C)(C)C)C(=O)NC(=O)c1cc(S(=O)(=O)Nc2ccc(CCCNc3nc(N)n4nc(-c5ccco5)nc4n3)cc2)cc(Cl)c1O. The number of imide groups is 1. The molecule has 1 atom stereocenters. The summed E-state index contributed by atoms with van der Waals surface area (Å²) in [6, 6.07) is 10.7. The summed E-state index contributed by atoms with van der Waals surface area (Å²) < 4.78 is 40.9. The van der Waals surface area contributed by atoms with Gasteiger partial charge in [-0.15, -0.1) is 5.10 Å². The molecule has 18 nitrogen and oxygen atoms in total. The zero-order valence-corrected chi connectivity index (χ0v) is 31.4. The normalized spacial score (nSPS) is 12.4. The molecule has 0 fully saturated rings. The number of phenols is 1. The number of hydrogen-bond acceptors (Lipinski definition) is 14. The Kier molecular flexibility index (Phi) is 11.6. The molecule has 20 heteroatoms. The number of aryl methyl sites for hydroxylation is 1. The van der Waals surface area contributed by atoms with Gasteiger partial charge in [0.2, 0.25) is 23.6 Å². The maximum Gasteiger partial charge on any atom is 0.408 e. The van der Waals surface area contributed by atoms with Crippen LogP contribution in [0.4, 0.5) is 22.4 Å². The molecule has 5 aromatic rings. The highest BCUT2D eigenvalue weighted by molar-refractivity contribution is 7.92. The van der Waals surface area contributed by atoms with E-state index in [-0.39, 0.29) is 23.4 Å². The molecule has 0 unspecified atom stereocenters. The molecule has 0 radical (unpaired) electrons. The van der Waals surface area contributed by atoms with E-state index >= 15 is 0 Å². The van der Waals surface area contributed by atoms with Crippen LogP contribution >= 0.6 is 11.6 Å². The number of carbonyl (C=O) groups excluding carboxylic acids is 3. The molecule has 54 heavy (non-hydrogen) atoms. The number of alkyl carbamates (subject to hydrolysis) is 1. The van der Waals surface area contributed by atoms with Crippen molar-refractivity contribution in [1.82, 2.24) is 35.2 Å². The second-order valence-electron chi connectivity index (χ2n) is 13.4. The van der Waals surface area contributed by atoms with E-state index in [0.29, 0.717) is 31.0 Å². The largest absolute Gasteiger partial charge is 0.506 e. The molecule has 5 rings (SSSR count). The van der Waals surface area contributed by atoms with Crippen LogP contribution in [0, 0.1) is 5.92 Å². The minimum Gasteiger partial charge on any atom is -0.506 e. The molecule has 0 spiro atoms. The molecular formula is C34H39ClN10O8S. The van der Waals surface area contributed by atoms with Gasteiger partial charge in [-0.1, -0.05) is 37.6 Å². The molecular weight excluding hydrogens is 744 g/mol. The number of furan rings is 1. The maximum atomic E-state index is 13.3. The fraction of sp³-hybridized carbons (Fsp3) is 0.324. The number of ether oxygens (including phenoxy) is 1. The Morgan fingerprint density at radius 1 is 1.07 bits per heavy atom. The summed E-state index contributed by atoms with van der Waals surface area (Å²) in [5.41, 5.74) is 5.76.